The molecule has 1 rings (SSSR count). The Labute approximate surface area is 85.2 Å². The first kappa shape index (κ1) is 10.5. The Bertz CT molecular complexity index is 351. The third-order valence-electron chi connectivity index (χ3n) is 2.13. The molecule has 0 atom stereocenters. The van der Waals surface area contributed by atoms with Crippen molar-refractivity contribution < 1.29 is 0 Å². The van der Waals surface area contributed by atoms with Crippen LogP contribution in [0.15, 0.2) is 41.5 Å². The highest BCUT2D eigenvalue weighted by molar-refractivity contribution is 6.08. The zero-order chi connectivity index (χ0) is 10.4. The molecule has 0 amide bonds. The van der Waals surface area contributed by atoms with E-state index in [1.165, 1.54) is 11.8 Å². The second-order valence-electron chi connectivity index (χ2n) is 3.02. The highest BCUT2D eigenvalue weighted by Gasteiger charge is 1.98. The lowest BCUT2D eigenvalue weighted by Gasteiger charge is -2.02. The maximum absolute atomic E-state index is 5.35. The second-order valence-corrected chi connectivity index (χ2v) is 3.02. The van der Waals surface area contributed by atoms with Crippen molar-refractivity contribution in [2.75, 3.05) is 7.05 Å². The van der Waals surface area contributed by atoms with Gasteiger partial charge in [0, 0.05) is 7.05 Å². The van der Waals surface area contributed by atoms with Crippen LogP contribution in [0.25, 0.3) is 0 Å². The summed E-state index contributed by atoms with van der Waals surface area (Å²) in [7, 11) is 1.77. The van der Waals surface area contributed by atoms with Crippen LogP contribution in [-0.2, 0) is 6.42 Å². The summed E-state index contributed by atoms with van der Waals surface area (Å²) < 4.78 is 0. The number of rotatable bonds is 3. The zero-order valence-corrected chi connectivity index (χ0v) is 8.70. The Morgan fingerprint density at radius 2 is 2.29 bits per heavy atom. The lowest BCUT2D eigenvalue weighted by Crippen LogP contribution is -1.98. The van der Waals surface area contributed by atoms with Crippen LogP contribution in [0.4, 0.5) is 0 Å². The van der Waals surface area contributed by atoms with Gasteiger partial charge in [0.1, 0.15) is 0 Å². The predicted octanol–water partition coefficient (Wildman–Crippen LogP) is 2.14. The SMILES string of the molecule is CCc1cccc(C(C=CN)=NC)c1. The smallest absolute Gasteiger partial charge is 0.0657 e. The molecular formula is C12H16N2. The van der Waals surface area contributed by atoms with Gasteiger partial charge in [-0.15, -0.1) is 0 Å². The summed E-state index contributed by atoms with van der Waals surface area (Å²) in [6.07, 6.45) is 4.37. The summed E-state index contributed by atoms with van der Waals surface area (Å²) in [5, 5.41) is 0. The predicted molar refractivity (Wildman–Crippen MR) is 61.6 cm³/mol. The van der Waals surface area contributed by atoms with Crippen LogP contribution in [0.2, 0.25) is 0 Å². The molecule has 0 saturated carbocycles. The normalized spacial score (nSPS) is 12.3. The Morgan fingerprint density at radius 3 is 2.86 bits per heavy atom. The van der Waals surface area contributed by atoms with Gasteiger partial charge in [-0.05, 0) is 35.9 Å². The molecular weight excluding hydrogens is 172 g/mol. The molecule has 0 aliphatic rings. The third kappa shape index (κ3) is 2.46. The fraction of sp³-hybridized carbons (Fsp3) is 0.250. The Kier molecular flexibility index (Phi) is 3.92. The van der Waals surface area contributed by atoms with Crippen molar-refractivity contribution in [3.05, 3.63) is 47.7 Å². The lowest BCUT2D eigenvalue weighted by molar-refractivity contribution is 1.14. The second kappa shape index (κ2) is 5.22. The molecule has 0 heterocycles. The molecule has 0 aromatic heterocycles. The van der Waals surface area contributed by atoms with Gasteiger partial charge in [0.25, 0.3) is 0 Å². The number of aliphatic imine (C=N–C) groups is 1. The van der Waals surface area contributed by atoms with Crippen molar-refractivity contribution in [3.8, 4) is 0 Å². The lowest BCUT2D eigenvalue weighted by atomic mass is 10.1. The number of benzene rings is 1. The van der Waals surface area contributed by atoms with Crippen molar-refractivity contribution in [1.82, 2.24) is 0 Å². The molecule has 0 saturated heterocycles. The van der Waals surface area contributed by atoms with Gasteiger partial charge in [-0.25, -0.2) is 0 Å². The molecule has 0 radical (unpaired) electrons. The van der Waals surface area contributed by atoms with Gasteiger partial charge in [0.05, 0.1) is 5.71 Å². The zero-order valence-electron chi connectivity index (χ0n) is 8.70. The largest absolute Gasteiger partial charge is 0.405 e. The highest BCUT2D eigenvalue weighted by atomic mass is 14.7. The van der Waals surface area contributed by atoms with Gasteiger partial charge >= 0.3 is 0 Å². The van der Waals surface area contributed by atoms with E-state index < -0.39 is 0 Å². The van der Waals surface area contributed by atoms with Crippen LogP contribution in [0.5, 0.6) is 0 Å². The van der Waals surface area contributed by atoms with Crippen LogP contribution in [0.1, 0.15) is 18.1 Å². The van der Waals surface area contributed by atoms with Gasteiger partial charge < -0.3 is 5.73 Å². The summed E-state index contributed by atoms with van der Waals surface area (Å²) in [4.78, 5) is 4.17. The first-order valence-corrected chi connectivity index (χ1v) is 4.76. The monoisotopic (exact) mass is 188 g/mol. The van der Waals surface area contributed by atoms with Crippen molar-refractivity contribution >= 4 is 5.71 Å². The Balaban J connectivity index is 3.05. The van der Waals surface area contributed by atoms with Gasteiger partial charge in [-0.3, -0.25) is 4.99 Å². The minimum atomic E-state index is 0.919. The van der Waals surface area contributed by atoms with Crippen molar-refractivity contribution in [1.29, 1.82) is 0 Å². The number of allylic oxidation sites excluding steroid dienone is 1. The summed E-state index contributed by atoms with van der Waals surface area (Å²) in [5.41, 5.74) is 8.70. The van der Waals surface area contributed by atoms with E-state index in [1.807, 2.05) is 18.2 Å². The molecule has 74 valence electrons. The maximum Gasteiger partial charge on any atom is 0.0657 e. The molecule has 2 nitrogen and oxygen atoms in total. The molecule has 0 spiro atoms. The van der Waals surface area contributed by atoms with Crippen LogP contribution >= 0.6 is 0 Å². The summed E-state index contributed by atoms with van der Waals surface area (Å²) in [5.74, 6) is 0. The minimum Gasteiger partial charge on any atom is -0.405 e. The average molecular weight is 188 g/mol. The summed E-state index contributed by atoms with van der Waals surface area (Å²) in [6.45, 7) is 2.14. The quantitative estimate of drug-likeness (QED) is 0.725. The molecule has 0 fully saturated rings. The van der Waals surface area contributed by atoms with E-state index in [-0.39, 0.29) is 0 Å². The standard InChI is InChI=1S/C12H16N2/c1-3-10-5-4-6-11(9-10)12(14-2)7-8-13/h4-9H,3,13H2,1-2H3. The number of nitrogens with zero attached hydrogens (tertiary/aromatic N) is 1. The van der Waals surface area contributed by atoms with E-state index in [0.717, 1.165) is 17.7 Å². The van der Waals surface area contributed by atoms with E-state index in [0.29, 0.717) is 0 Å². The number of aryl methyl sites for hydroxylation is 1. The van der Waals surface area contributed by atoms with Gasteiger partial charge in [-0.1, -0.05) is 25.1 Å². The Morgan fingerprint density at radius 1 is 1.50 bits per heavy atom. The third-order valence-corrected chi connectivity index (χ3v) is 2.13. The number of hydrogen-bond donors (Lipinski definition) is 1. The number of hydrogen-bond acceptors (Lipinski definition) is 2. The van der Waals surface area contributed by atoms with E-state index in [1.54, 1.807) is 7.05 Å². The van der Waals surface area contributed by atoms with Gasteiger partial charge in [0.15, 0.2) is 0 Å². The maximum atomic E-state index is 5.35. The summed E-state index contributed by atoms with van der Waals surface area (Å²) in [6, 6.07) is 8.34. The van der Waals surface area contributed by atoms with Crippen molar-refractivity contribution in [3.63, 3.8) is 0 Å². The van der Waals surface area contributed by atoms with E-state index >= 15 is 0 Å². The van der Waals surface area contributed by atoms with Gasteiger partial charge in [0.2, 0.25) is 0 Å². The molecule has 2 N–H and O–H groups in total. The molecule has 14 heavy (non-hydrogen) atoms. The van der Waals surface area contributed by atoms with Crippen LogP contribution in [0, 0.1) is 0 Å². The molecule has 2 heteroatoms. The van der Waals surface area contributed by atoms with E-state index in [9.17, 15) is 0 Å². The fourth-order valence-electron chi connectivity index (χ4n) is 1.34. The first-order valence-electron chi connectivity index (χ1n) is 4.76. The van der Waals surface area contributed by atoms with E-state index in [2.05, 4.69) is 24.0 Å². The molecule has 0 aliphatic carbocycles. The molecule has 0 unspecified atom stereocenters. The highest BCUT2D eigenvalue weighted by Crippen LogP contribution is 2.07. The molecule has 1 aromatic rings. The van der Waals surface area contributed by atoms with Crippen molar-refractivity contribution in [2.24, 2.45) is 10.7 Å². The Hall–Kier alpha value is -1.57. The van der Waals surface area contributed by atoms with Gasteiger partial charge in [-0.2, -0.15) is 0 Å². The van der Waals surface area contributed by atoms with Crippen LogP contribution in [-0.4, -0.2) is 12.8 Å². The molecule has 1 aromatic carbocycles. The van der Waals surface area contributed by atoms with E-state index in [4.69, 9.17) is 5.73 Å². The first-order chi connectivity index (χ1) is 6.81. The molecule has 0 aliphatic heterocycles. The average Bonchev–Trinajstić information content (AvgIpc) is 2.26. The number of nitrogens with two attached hydrogens (primary N) is 1. The van der Waals surface area contributed by atoms with Crippen LogP contribution < -0.4 is 5.73 Å². The fourth-order valence-corrected chi connectivity index (χ4v) is 1.34. The van der Waals surface area contributed by atoms with Crippen LogP contribution in [0.3, 0.4) is 0 Å². The topological polar surface area (TPSA) is 38.4 Å². The molecule has 0 bridgehead atoms. The van der Waals surface area contributed by atoms with Crippen molar-refractivity contribution in [2.45, 2.75) is 13.3 Å². The summed E-state index contributed by atoms with van der Waals surface area (Å²) >= 11 is 0. The minimum absolute atomic E-state index is 0.919.